The molecule has 0 saturated heterocycles. The smallest absolute Gasteiger partial charge is 0.481 e. The first-order valence-electron chi connectivity index (χ1n) is 4.68. The Balaban J connectivity index is 3.27. The average Bonchev–Trinajstić information content (AvgIpc) is 2.29. The number of methoxy groups -OCH3 is 2. The van der Waals surface area contributed by atoms with E-state index >= 15 is 0 Å². The van der Waals surface area contributed by atoms with Gasteiger partial charge in [0.05, 0.1) is 19.8 Å². The van der Waals surface area contributed by atoms with Crippen LogP contribution in [0.25, 0.3) is 0 Å². The van der Waals surface area contributed by atoms with E-state index in [2.05, 4.69) is 14.5 Å². The standard InChI is InChI=1S/C10H10F3NO4/c1-5-7(18-10(11,12)13)4-6(9(15)17-3)14-8(5)16-2/h4H,1-3H3. The Hall–Kier alpha value is -1.99. The van der Waals surface area contributed by atoms with Crippen LogP contribution < -0.4 is 9.47 Å². The number of nitrogens with zero attached hydrogens (tertiary/aromatic N) is 1. The van der Waals surface area contributed by atoms with Gasteiger partial charge in [0.25, 0.3) is 0 Å². The Morgan fingerprint density at radius 3 is 2.39 bits per heavy atom. The normalized spacial score (nSPS) is 11.0. The lowest BCUT2D eigenvalue weighted by Crippen LogP contribution is -2.19. The summed E-state index contributed by atoms with van der Waals surface area (Å²) >= 11 is 0. The minimum absolute atomic E-state index is 0.0301. The molecule has 5 nitrogen and oxygen atoms in total. The molecule has 0 aliphatic heterocycles. The summed E-state index contributed by atoms with van der Waals surface area (Å²) < 4.78 is 49.4. The van der Waals surface area contributed by atoms with Gasteiger partial charge in [-0.2, -0.15) is 0 Å². The van der Waals surface area contributed by atoms with Crippen molar-refractivity contribution in [2.75, 3.05) is 14.2 Å². The van der Waals surface area contributed by atoms with Crippen LogP contribution in [-0.4, -0.2) is 31.5 Å². The van der Waals surface area contributed by atoms with Crippen molar-refractivity contribution in [1.82, 2.24) is 4.98 Å². The van der Waals surface area contributed by atoms with Crippen LogP contribution in [0.2, 0.25) is 0 Å². The molecule has 1 aromatic heterocycles. The van der Waals surface area contributed by atoms with E-state index < -0.39 is 18.1 Å². The highest BCUT2D eigenvalue weighted by atomic mass is 19.4. The Bertz CT molecular complexity index is 459. The lowest BCUT2D eigenvalue weighted by molar-refractivity contribution is -0.274. The first-order chi connectivity index (χ1) is 8.28. The number of hydrogen-bond donors (Lipinski definition) is 0. The fourth-order valence-corrected chi connectivity index (χ4v) is 1.20. The Morgan fingerprint density at radius 2 is 1.94 bits per heavy atom. The van der Waals surface area contributed by atoms with E-state index in [0.29, 0.717) is 0 Å². The summed E-state index contributed by atoms with van der Waals surface area (Å²) in [6.07, 6.45) is -4.87. The van der Waals surface area contributed by atoms with Crippen LogP contribution in [0.15, 0.2) is 6.07 Å². The second-order valence-corrected chi connectivity index (χ2v) is 3.18. The van der Waals surface area contributed by atoms with E-state index in [1.165, 1.54) is 14.0 Å². The maximum Gasteiger partial charge on any atom is 0.573 e. The summed E-state index contributed by atoms with van der Waals surface area (Å²) in [7, 11) is 2.30. The molecule has 100 valence electrons. The molecule has 0 spiro atoms. The maximum atomic E-state index is 12.2. The number of pyridine rings is 1. The molecule has 1 rings (SSSR count). The Labute approximate surface area is 100 Å². The minimum Gasteiger partial charge on any atom is -0.481 e. The van der Waals surface area contributed by atoms with Crippen LogP contribution in [-0.2, 0) is 4.74 Å². The van der Waals surface area contributed by atoms with Gasteiger partial charge in [-0.3, -0.25) is 0 Å². The SMILES string of the molecule is COC(=O)c1cc(OC(F)(F)F)c(C)c(OC)n1. The summed E-state index contributed by atoms with van der Waals surface area (Å²) in [4.78, 5) is 14.9. The number of ether oxygens (including phenoxy) is 3. The van der Waals surface area contributed by atoms with Crippen LogP contribution >= 0.6 is 0 Å². The van der Waals surface area contributed by atoms with E-state index in [4.69, 9.17) is 4.74 Å². The van der Waals surface area contributed by atoms with E-state index in [0.717, 1.165) is 13.2 Å². The van der Waals surface area contributed by atoms with Crippen molar-refractivity contribution in [1.29, 1.82) is 0 Å². The molecule has 0 fully saturated rings. The van der Waals surface area contributed by atoms with Gasteiger partial charge < -0.3 is 14.2 Å². The number of hydrogen-bond acceptors (Lipinski definition) is 5. The zero-order chi connectivity index (χ0) is 13.9. The first kappa shape index (κ1) is 14.1. The van der Waals surface area contributed by atoms with Gasteiger partial charge in [0.1, 0.15) is 5.75 Å². The molecule has 0 amide bonds. The zero-order valence-electron chi connectivity index (χ0n) is 9.79. The number of aromatic nitrogens is 1. The second-order valence-electron chi connectivity index (χ2n) is 3.18. The van der Waals surface area contributed by atoms with Gasteiger partial charge in [-0.1, -0.05) is 0 Å². The van der Waals surface area contributed by atoms with Crippen LogP contribution in [0.1, 0.15) is 16.1 Å². The van der Waals surface area contributed by atoms with E-state index in [1.54, 1.807) is 0 Å². The molecular formula is C10H10F3NO4. The average molecular weight is 265 g/mol. The van der Waals surface area contributed by atoms with Crippen molar-refractivity contribution in [3.05, 3.63) is 17.3 Å². The van der Waals surface area contributed by atoms with Gasteiger partial charge in [-0.15, -0.1) is 13.2 Å². The highest BCUT2D eigenvalue weighted by Crippen LogP contribution is 2.31. The predicted octanol–water partition coefficient (Wildman–Crippen LogP) is 2.08. The van der Waals surface area contributed by atoms with Crippen molar-refractivity contribution in [3.8, 4) is 11.6 Å². The summed E-state index contributed by atoms with van der Waals surface area (Å²) in [5.41, 5.74) is -0.304. The maximum absolute atomic E-state index is 12.2. The predicted molar refractivity (Wildman–Crippen MR) is 53.5 cm³/mol. The third-order valence-electron chi connectivity index (χ3n) is 1.99. The molecule has 18 heavy (non-hydrogen) atoms. The molecule has 0 aromatic carbocycles. The zero-order valence-corrected chi connectivity index (χ0v) is 9.79. The quantitative estimate of drug-likeness (QED) is 0.783. The van der Waals surface area contributed by atoms with E-state index in [9.17, 15) is 18.0 Å². The van der Waals surface area contributed by atoms with Crippen molar-refractivity contribution in [2.24, 2.45) is 0 Å². The molecule has 0 unspecified atom stereocenters. The summed E-state index contributed by atoms with van der Waals surface area (Å²) in [5, 5.41) is 0. The lowest BCUT2D eigenvalue weighted by Gasteiger charge is -2.14. The molecule has 0 aliphatic rings. The van der Waals surface area contributed by atoms with Crippen LogP contribution in [0, 0.1) is 6.92 Å². The van der Waals surface area contributed by atoms with E-state index in [-0.39, 0.29) is 17.1 Å². The first-order valence-corrected chi connectivity index (χ1v) is 4.68. The van der Waals surface area contributed by atoms with Gasteiger partial charge in [0.2, 0.25) is 5.88 Å². The van der Waals surface area contributed by atoms with Crippen molar-refractivity contribution >= 4 is 5.97 Å². The second kappa shape index (κ2) is 5.11. The van der Waals surface area contributed by atoms with Gasteiger partial charge in [0.15, 0.2) is 5.69 Å². The number of carbonyl (C=O) groups is 1. The van der Waals surface area contributed by atoms with Gasteiger partial charge in [-0.05, 0) is 6.92 Å². The summed E-state index contributed by atoms with van der Waals surface area (Å²) in [6, 6.07) is 0.844. The largest absolute Gasteiger partial charge is 0.573 e. The third kappa shape index (κ3) is 3.25. The van der Waals surface area contributed by atoms with Gasteiger partial charge in [-0.25, -0.2) is 9.78 Å². The van der Waals surface area contributed by atoms with Crippen LogP contribution in [0.4, 0.5) is 13.2 Å². The molecule has 1 heterocycles. The van der Waals surface area contributed by atoms with E-state index in [1.807, 2.05) is 0 Å². The summed E-state index contributed by atoms with van der Waals surface area (Å²) in [6.45, 7) is 1.33. The molecule has 0 aliphatic carbocycles. The van der Waals surface area contributed by atoms with Crippen molar-refractivity contribution in [2.45, 2.75) is 13.3 Å². The highest BCUT2D eigenvalue weighted by molar-refractivity contribution is 5.88. The highest BCUT2D eigenvalue weighted by Gasteiger charge is 2.33. The number of rotatable bonds is 3. The van der Waals surface area contributed by atoms with Crippen molar-refractivity contribution in [3.63, 3.8) is 0 Å². The Kier molecular flexibility index (Phi) is 4.00. The monoisotopic (exact) mass is 265 g/mol. The number of esters is 1. The Morgan fingerprint density at radius 1 is 1.33 bits per heavy atom. The number of alkyl halides is 3. The molecule has 1 aromatic rings. The molecule has 0 N–H and O–H groups in total. The fraction of sp³-hybridized carbons (Fsp3) is 0.400. The van der Waals surface area contributed by atoms with Crippen molar-refractivity contribution < 1.29 is 32.2 Å². The summed E-state index contributed by atoms with van der Waals surface area (Å²) in [5.74, 6) is -1.59. The van der Waals surface area contributed by atoms with Gasteiger partial charge >= 0.3 is 12.3 Å². The van der Waals surface area contributed by atoms with Gasteiger partial charge in [0, 0.05) is 6.07 Å². The number of carbonyl (C=O) groups excluding carboxylic acids is 1. The molecule has 0 atom stereocenters. The molecule has 0 radical (unpaired) electrons. The van der Waals surface area contributed by atoms with Crippen LogP contribution in [0.3, 0.4) is 0 Å². The fourth-order valence-electron chi connectivity index (χ4n) is 1.20. The lowest BCUT2D eigenvalue weighted by atomic mass is 10.2. The molecular weight excluding hydrogens is 255 g/mol. The molecule has 0 saturated carbocycles. The number of halogens is 3. The molecule has 8 heteroatoms. The molecule has 0 bridgehead atoms. The van der Waals surface area contributed by atoms with Crippen LogP contribution in [0.5, 0.6) is 11.6 Å². The topological polar surface area (TPSA) is 57.7 Å². The third-order valence-corrected chi connectivity index (χ3v) is 1.99. The minimum atomic E-state index is -4.87.